The summed E-state index contributed by atoms with van der Waals surface area (Å²) < 4.78 is 13.8. The fourth-order valence-electron chi connectivity index (χ4n) is 1.60. The number of rotatable bonds is 2. The normalized spacial score (nSPS) is 10.3. The first-order chi connectivity index (χ1) is 8.13. The van der Waals surface area contributed by atoms with E-state index in [0.29, 0.717) is 5.56 Å². The van der Waals surface area contributed by atoms with E-state index in [1.165, 1.54) is 12.3 Å². The van der Waals surface area contributed by atoms with Crippen molar-refractivity contribution in [2.24, 2.45) is 0 Å². The van der Waals surface area contributed by atoms with Crippen molar-refractivity contribution in [1.82, 2.24) is 9.97 Å². The molecule has 86 valence electrons. The Morgan fingerprint density at radius 1 is 1.35 bits per heavy atom. The Bertz CT molecular complexity index is 582. The molecule has 0 amide bonds. The molecule has 0 saturated carbocycles. The molecule has 0 saturated heterocycles. The number of hydrogen-bond donors (Lipinski definition) is 0. The van der Waals surface area contributed by atoms with E-state index in [2.05, 4.69) is 16.5 Å². The van der Waals surface area contributed by atoms with Gasteiger partial charge < -0.3 is 0 Å². The van der Waals surface area contributed by atoms with Gasteiger partial charge in [0.2, 0.25) is 0 Å². The summed E-state index contributed by atoms with van der Waals surface area (Å²) in [6.45, 7) is 5.57. The zero-order chi connectivity index (χ0) is 12.4. The van der Waals surface area contributed by atoms with Crippen LogP contribution in [0.3, 0.4) is 0 Å². The van der Waals surface area contributed by atoms with Crippen LogP contribution in [-0.2, 0) is 0 Å². The van der Waals surface area contributed by atoms with Gasteiger partial charge in [0.25, 0.3) is 0 Å². The third-order valence-corrected chi connectivity index (χ3v) is 2.74. The molecule has 0 bridgehead atoms. The van der Waals surface area contributed by atoms with E-state index in [9.17, 15) is 4.39 Å². The number of pyridine rings is 2. The van der Waals surface area contributed by atoms with Gasteiger partial charge in [-0.3, -0.25) is 9.97 Å². The zero-order valence-electron chi connectivity index (χ0n) is 9.24. The van der Waals surface area contributed by atoms with Crippen LogP contribution in [-0.4, -0.2) is 9.97 Å². The first-order valence-corrected chi connectivity index (χ1v) is 5.39. The molecule has 0 unspecified atom stereocenters. The molecule has 0 spiro atoms. The second-order valence-electron chi connectivity index (χ2n) is 3.59. The quantitative estimate of drug-likeness (QED) is 0.806. The van der Waals surface area contributed by atoms with Crippen molar-refractivity contribution in [3.05, 3.63) is 53.2 Å². The predicted octanol–water partition coefficient (Wildman–Crippen LogP) is 3.89. The smallest absolute Gasteiger partial charge is 0.151 e. The lowest BCUT2D eigenvalue weighted by Gasteiger charge is -2.08. The Labute approximate surface area is 104 Å². The fraction of sp³-hybridized carbons (Fsp3) is 0.0769. The lowest BCUT2D eigenvalue weighted by molar-refractivity contribution is 0.625. The topological polar surface area (TPSA) is 25.8 Å². The SMILES string of the molecule is C=Cc1cncc(-c2ncc(Cl)cc2F)c1C. The molecule has 0 atom stereocenters. The van der Waals surface area contributed by atoms with Crippen LogP contribution in [0.15, 0.2) is 31.2 Å². The van der Waals surface area contributed by atoms with Gasteiger partial charge in [-0.2, -0.15) is 0 Å². The number of aromatic nitrogens is 2. The maximum absolute atomic E-state index is 13.8. The Balaban J connectivity index is 2.64. The lowest BCUT2D eigenvalue weighted by atomic mass is 10.0. The second-order valence-corrected chi connectivity index (χ2v) is 4.03. The summed E-state index contributed by atoms with van der Waals surface area (Å²) in [4.78, 5) is 8.05. The highest BCUT2D eigenvalue weighted by atomic mass is 35.5. The summed E-state index contributed by atoms with van der Waals surface area (Å²) in [5.74, 6) is -0.455. The number of nitrogens with zero attached hydrogens (tertiary/aromatic N) is 2. The van der Waals surface area contributed by atoms with Crippen molar-refractivity contribution >= 4 is 17.7 Å². The minimum absolute atomic E-state index is 0.253. The third kappa shape index (κ3) is 2.19. The Morgan fingerprint density at radius 2 is 2.12 bits per heavy atom. The molecule has 2 heterocycles. The van der Waals surface area contributed by atoms with Crippen molar-refractivity contribution in [2.45, 2.75) is 6.92 Å². The Kier molecular flexibility index (Phi) is 3.20. The molecule has 2 aromatic rings. The average Bonchev–Trinajstić information content (AvgIpc) is 2.30. The molecular formula is C13H10ClFN2. The summed E-state index contributed by atoms with van der Waals surface area (Å²) in [6, 6.07) is 1.24. The molecule has 17 heavy (non-hydrogen) atoms. The summed E-state index contributed by atoms with van der Waals surface area (Å²) in [5, 5.41) is 0.275. The van der Waals surface area contributed by atoms with Gasteiger partial charge in [0.1, 0.15) is 5.69 Å². The minimum Gasteiger partial charge on any atom is -0.263 e. The Hall–Kier alpha value is -1.74. The predicted molar refractivity (Wildman–Crippen MR) is 67.3 cm³/mol. The Morgan fingerprint density at radius 3 is 2.76 bits per heavy atom. The van der Waals surface area contributed by atoms with Gasteiger partial charge in [-0.15, -0.1) is 0 Å². The van der Waals surface area contributed by atoms with Gasteiger partial charge in [-0.1, -0.05) is 24.3 Å². The van der Waals surface area contributed by atoms with Crippen LogP contribution < -0.4 is 0 Å². The molecule has 0 aliphatic rings. The largest absolute Gasteiger partial charge is 0.263 e. The van der Waals surface area contributed by atoms with Crippen molar-refractivity contribution < 1.29 is 4.39 Å². The van der Waals surface area contributed by atoms with Gasteiger partial charge in [-0.05, 0) is 24.1 Å². The molecule has 0 aromatic carbocycles. The molecular weight excluding hydrogens is 239 g/mol. The lowest BCUT2D eigenvalue weighted by Crippen LogP contribution is -1.94. The highest BCUT2D eigenvalue weighted by Crippen LogP contribution is 2.26. The monoisotopic (exact) mass is 248 g/mol. The van der Waals surface area contributed by atoms with E-state index < -0.39 is 5.82 Å². The van der Waals surface area contributed by atoms with E-state index in [4.69, 9.17) is 11.6 Å². The van der Waals surface area contributed by atoms with Crippen molar-refractivity contribution in [3.8, 4) is 11.3 Å². The third-order valence-electron chi connectivity index (χ3n) is 2.54. The highest BCUT2D eigenvalue weighted by Gasteiger charge is 2.11. The van der Waals surface area contributed by atoms with Crippen molar-refractivity contribution in [1.29, 1.82) is 0 Å². The van der Waals surface area contributed by atoms with Gasteiger partial charge in [0.05, 0.1) is 5.02 Å². The standard InChI is InChI=1S/C13H10ClFN2/c1-3-9-5-16-7-11(8(9)2)13-12(15)4-10(14)6-17-13/h3-7H,1H2,2H3. The van der Waals surface area contributed by atoms with E-state index in [0.717, 1.165) is 11.1 Å². The van der Waals surface area contributed by atoms with E-state index >= 15 is 0 Å². The molecule has 0 aliphatic heterocycles. The van der Waals surface area contributed by atoms with Crippen LogP contribution in [0.1, 0.15) is 11.1 Å². The summed E-state index contributed by atoms with van der Waals surface area (Å²) in [7, 11) is 0. The molecule has 2 nitrogen and oxygen atoms in total. The van der Waals surface area contributed by atoms with Crippen molar-refractivity contribution in [3.63, 3.8) is 0 Å². The van der Waals surface area contributed by atoms with Crippen LogP contribution in [0.2, 0.25) is 5.02 Å². The molecule has 0 aliphatic carbocycles. The van der Waals surface area contributed by atoms with E-state index in [1.54, 1.807) is 18.5 Å². The van der Waals surface area contributed by atoms with Gasteiger partial charge >= 0.3 is 0 Å². The molecule has 0 N–H and O–H groups in total. The van der Waals surface area contributed by atoms with Crippen molar-refractivity contribution in [2.75, 3.05) is 0 Å². The zero-order valence-corrected chi connectivity index (χ0v) is 10.0. The average molecular weight is 249 g/mol. The van der Waals surface area contributed by atoms with Crippen LogP contribution in [0.4, 0.5) is 4.39 Å². The maximum Gasteiger partial charge on any atom is 0.151 e. The molecule has 4 heteroatoms. The highest BCUT2D eigenvalue weighted by molar-refractivity contribution is 6.30. The first kappa shape index (κ1) is 11.7. The van der Waals surface area contributed by atoms with Gasteiger partial charge in [0.15, 0.2) is 5.82 Å². The molecule has 0 fully saturated rings. The van der Waals surface area contributed by atoms with E-state index in [1.807, 2.05) is 6.92 Å². The van der Waals surface area contributed by atoms with Crippen LogP contribution in [0.25, 0.3) is 17.3 Å². The fourth-order valence-corrected chi connectivity index (χ4v) is 1.74. The first-order valence-electron chi connectivity index (χ1n) is 5.02. The van der Waals surface area contributed by atoms with E-state index in [-0.39, 0.29) is 10.7 Å². The number of hydrogen-bond acceptors (Lipinski definition) is 2. The molecule has 2 aromatic heterocycles. The summed E-state index contributed by atoms with van der Waals surface area (Å²) >= 11 is 5.67. The van der Waals surface area contributed by atoms with Crippen LogP contribution in [0, 0.1) is 12.7 Å². The second kappa shape index (κ2) is 4.63. The van der Waals surface area contributed by atoms with Crippen LogP contribution in [0.5, 0.6) is 0 Å². The van der Waals surface area contributed by atoms with Crippen LogP contribution >= 0.6 is 11.6 Å². The summed E-state index contributed by atoms with van der Waals surface area (Å²) in [6.07, 6.45) is 6.36. The minimum atomic E-state index is -0.455. The van der Waals surface area contributed by atoms with Gasteiger partial charge in [-0.25, -0.2) is 4.39 Å². The van der Waals surface area contributed by atoms with Gasteiger partial charge in [0, 0.05) is 24.2 Å². The number of halogens is 2. The maximum atomic E-state index is 13.8. The molecule has 0 radical (unpaired) electrons. The molecule has 2 rings (SSSR count). The summed E-state index contributed by atoms with van der Waals surface area (Å²) in [5.41, 5.74) is 2.65.